The lowest BCUT2D eigenvalue weighted by Crippen LogP contribution is -2.63. The molecule has 6 N–H and O–H groups in total. The minimum absolute atomic E-state index is 0.342. The van der Waals surface area contributed by atoms with Crippen molar-refractivity contribution < 1.29 is 44.8 Å². The highest BCUT2D eigenvalue weighted by Gasteiger charge is 2.49. The van der Waals surface area contributed by atoms with E-state index in [0.717, 1.165) is 0 Å². The van der Waals surface area contributed by atoms with Gasteiger partial charge in [0, 0.05) is 8.86 Å². The van der Waals surface area contributed by atoms with E-state index in [0.29, 0.717) is 8.86 Å². The van der Waals surface area contributed by atoms with Gasteiger partial charge in [-0.25, -0.2) is 0 Å². The van der Waals surface area contributed by atoms with Crippen LogP contribution in [0.1, 0.15) is 0 Å². The summed E-state index contributed by atoms with van der Waals surface area (Å²) < 4.78 is 16.8. The molecule has 11 heteroatoms. The van der Waals surface area contributed by atoms with E-state index in [2.05, 4.69) is 0 Å². The molecule has 2 aliphatic rings. The first-order valence-electron chi connectivity index (χ1n) is 6.98. The maximum Gasteiger partial charge on any atom is 0.189 e. The summed E-state index contributed by atoms with van der Waals surface area (Å²) in [5.41, 5.74) is 0. The van der Waals surface area contributed by atoms with E-state index in [9.17, 15) is 30.6 Å². The van der Waals surface area contributed by atoms with Crippen molar-refractivity contribution >= 4 is 45.2 Å². The van der Waals surface area contributed by atoms with Crippen LogP contribution < -0.4 is 0 Å². The van der Waals surface area contributed by atoms with Gasteiger partial charge in [0.25, 0.3) is 0 Å². The molecule has 0 radical (unpaired) electrons. The molecule has 10 atom stereocenters. The Morgan fingerprint density at radius 2 is 0.957 bits per heavy atom. The number of hydrogen-bond acceptors (Lipinski definition) is 9. The molecule has 136 valence electrons. The Kier molecular flexibility index (Phi) is 7.68. The van der Waals surface area contributed by atoms with Crippen LogP contribution in [0.25, 0.3) is 0 Å². The summed E-state index contributed by atoms with van der Waals surface area (Å²) in [4.78, 5) is 0. The van der Waals surface area contributed by atoms with Crippen molar-refractivity contribution in [1.29, 1.82) is 0 Å². The molecular weight excluding hydrogens is 542 g/mol. The zero-order chi connectivity index (χ0) is 17.3. The van der Waals surface area contributed by atoms with Crippen LogP contribution in [0.3, 0.4) is 0 Å². The van der Waals surface area contributed by atoms with Gasteiger partial charge < -0.3 is 44.8 Å². The van der Waals surface area contributed by atoms with Gasteiger partial charge in [0.15, 0.2) is 12.6 Å². The lowest BCUT2D eigenvalue weighted by Gasteiger charge is -2.44. The second-order valence-corrected chi connectivity index (χ2v) is 7.24. The third-order valence-electron chi connectivity index (χ3n) is 3.91. The van der Waals surface area contributed by atoms with Crippen LogP contribution >= 0.6 is 45.2 Å². The Morgan fingerprint density at radius 3 is 1.26 bits per heavy atom. The quantitative estimate of drug-likeness (QED) is 0.162. The predicted molar refractivity (Wildman–Crippen MR) is 92.2 cm³/mol. The molecule has 2 fully saturated rings. The lowest BCUT2D eigenvalue weighted by atomic mass is 9.99. The maximum atomic E-state index is 9.97. The normalized spacial score (nSPS) is 51.7. The van der Waals surface area contributed by atoms with Gasteiger partial charge in [-0.1, -0.05) is 45.2 Å². The van der Waals surface area contributed by atoms with E-state index in [1.165, 1.54) is 0 Å². The van der Waals surface area contributed by atoms with Crippen molar-refractivity contribution in [3.05, 3.63) is 0 Å². The molecule has 2 heterocycles. The molecule has 5 unspecified atom stereocenters. The van der Waals surface area contributed by atoms with Crippen LogP contribution in [0.15, 0.2) is 0 Å². The number of ether oxygens (including phenoxy) is 3. The number of halogens is 2. The molecule has 2 rings (SSSR count). The third kappa shape index (κ3) is 4.27. The standard InChI is InChI=1S/C12H20I2O9/c13-1-3-5(15)7(17)9(19)11(21-3)23-12-10(20)8(18)6(16)4(2-14)22-12/h3-12,15-20H,1-2H2/t3?,4?,5-,6-,7?,8?,9+,10?,11-,12-/m1/s1. The summed E-state index contributed by atoms with van der Waals surface area (Å²) in [6, 6.07) is 0. The van der Waals surface area contributed by atoms with Crippen molar-refractivity contribution in [1.82, 2.24) is 0 Å². The fourth-order valence-corrected chi connectivity index (χ4v) is 3.90. The highest BCUT2D eigenvalue weighted by atomic mass is 127. The summed E-state index contributed by atoms with van der Waals surface area (Å²) in [7, 11) is 0. The summed E-state index contributed by atoms with van der Waals surface area (Å²) >= 11 is 3.90. The van der Waals surface area contributed by atoms with E-state index in [4.69, 9.17) is 14.2 Å². The molecule has 2 aliphatic heterocycles. The molecule has 0 spiro atoms. The van der Waals surface area contributed by atoms with Gasteiger partial charge in [-0.05, 0) is 0 Å². The number of alkyl halides is 2. The molecule has 0 aromatic rings. The van der Waals surface area contributed by atoms with Crippen LogP contribution in [-0.4, -0.2) is 101 Å². The number of aliphatic hydroxyl groups excluding tert-OH is 6. The van der Waals surface area contributed by atoms with Crippen molar-refractivity contribution in [2.24, 2.45) is 0 Å². The molecule has 2 saturated heterocycles. The van der Waals surface area contributed by atoms with Gasteiger partial charge >= 0.3 is 0 Å². The minimum atomic E-state index is -1.55. The van der Waals surface area contributed by atoms with Gasteiger partial charge in [-0.3, -0.25) is 0 Å². The van der Waals surface area contributed by atoms with Crippen molar-refractivity contribution in [2.45, 2.75) is 61.4 Å². The van der Waals surface area contributed by atoms with Gasteiger partial charge in [0.1, 0.15) is 36.6 Å². The number of aliphatic hydroxyl groups is 6. The van der Waals surface area contributed by atoms with Crippen LogP contribution in [0.2, 0.25) is 0 Å². The van der Waals surface area contributed by atoms with Crippen LogP contribution in [0, 0.1) is 0 Å². The Balaban J connectivity index is 2.07. The second-order valence-electron chi connectivity index (χ2n) is 5.47. The SMILES string of the molecule is OC1C(O)[C@H](O)C(CI)O[C@@H]1O[C@H]1OC(CI)[C@@H](O)C(O)[C@@H]1O. The molecule has 0 bridgehead atoms. The lowest BCUT2D eigenvalue weighted by molar-refractivity contribution is -0.369. The van der Waals surface area contributed by atoms with Gasteiger partial charge in [-0.15, -0.1) is 0 Å². The van der Waals surface area contributed by atoms with E-state index >= 15 is 0 Å². The summed E-state index contributed by atoms with van der Waals surface area (Å²) in [5, 5.41) is 59.2. The molecule has 0 aliphatic carbocycles. The summed E-state index contributed by atoms with van der Waals surface area (Å²) in [5.74, 6) is 0. The fraction of sp³-hybridized carbons (Fsp3) is 1.00. The average Bonchev–Trinajstić information content (AvgIpc) is 2.55. The Bertz CT molecular complexity index is 352. The van der Waals surface area contributed by atoms with Crippen LogP contribution in [0.4, 0.5) is 0 Å². The molecular formula is C12H20I2O9. The van der Waals surface area contributed by atoms with E-state index in [1.807, 2.05) is 45.2 Å². The maximum absolute atomic E-state index is 9.97. The van der Waals surface area contributed by atoms with E-state index in [1.54, 1.807) is 0 Å². The zero-order valence-corrected chi connectivity index (χ0v) is 16.2. The predicted octanol–water partition coefficient (Wildman–Crippen LogP) is -2.51. The van der Waals surface area contributed by atoms with Crippen molar-refractivity contribution in [3.63, 3.8) is 0 Å². The monoisotopic (exact) mass is 562 g/mol. The van der Waals surface area contributed by atoms with Gasteiger partial charge in [0.05, 0.1) is 12.2 Å². The van der Waals surface area contributed by atoms with Crippen LogP contribution in [-0.2, 0) is 14.2 Å². The topological polar surface area (TPSA) is 149 Å². The molecule has 0 aromatic heterocycles. The van der Waals surface area contributed by atoms with Crippen molar-refractivity contribution in [2.75, 3.05) is 8.86 Å². The summed E-state index contributed by atoms with van der Waals surface area (Å²) in [6.07, 6.45) is -12.9. The van der Waals surface area contributed by atoms with E-state index in [-0.39, 0.29) is 0 Å². The fourth-order valence-electron chi connectivity index (χ4n) is 2.45. The Morgan fingerprint density at radius 1 is 0.609 bits per heavy atom. The molecule has 0 aromatic carbocycles. The number of rotatable bonds is 4. The molecule has 9 nitrogen and oxygen atoms in total. The number of hydrogen-bond donors (Lipinski definition) is 6. The van der Waals surface area contributed by atoms with Crippen LogP contribution in [0.5, 0.6) is 0 Å². The third-order valence-corrected chi connectivity index (χ3v) is 5.65. The summed E-state index contributed by atoms with van der Waals surface area (Å²) in [6.45, 7) is 0. The highest BCUT2D eigenvalue weighted by Crippen LogP contribution is 2.29. The largest absolute Gasteiger partial charge is 0.388 e. The zero-order valence-electron chi connectivity index (χ0n) is 11.9. The minimum Gasteiger partial charge on any atom is -0.388 e. The first-order valence-corrected chi connectivity index (χ1v) is 10.0. The average molecular weight is 562 g/mol. The Labute approximate surface area is 159 Å². The molecule has 0 saturated carbocycles. The van der Waals surface area contributed by atoms with E-state index < -0.39 is 61.4 Å². The molecule has 23 heavy (non-hydrogen) atoms. The first kappa shape index (κ1) is 20.4. The molecule has 0 amide bonds. The highest BCUT2D eigenvalue weighted by molar-refractivity contribution is 14.1. The van der Waals surface area contributed by atoms with Gasteiger partial charge in [0.2, 0.25) is 0 Å². The van der Waals surface area contributed by atoms with Gasteiger partial charge in [-0.2, -0.15) is 0 Å². The second kappa shape index (κ2) is 8.66. The van der Waals surface area contributed by atoms with Crippen molar-refractivity contribution in [3.8, 4) is 0 Å². The smallest absolute Gasteiger partial charge is 0.189 e. The Hall–Kier alpha value is 1.10. The first-order chi connectivity index (χ1) is 10.8.